The van der Waals surface area contributed by atoms with Gasteiger partial charge in [-0.15, -0.1) is 0 Å². The molecular weight excluding hydrogens is 336 g/mol. The Balaban J connectivity index is 1.87. The predicted molar refractivity (Wildman–Crippen MR) is 86.7 cm³/mol. The van der Waals surface area contributed by atoms with E-state index < -0.39 is 17.6 Å². The minimum absolute atomic E-state index is 0.0181. The number of hydrogen-bond donors (Lipinski definition) is 1. The molecule has 1 aromatic carbocycles. The lowest BCUT2D eigenvalue weighted by Crippen LogP contribution is -2.51. The number of alkyl halides is 3. The summed E-state index contributed by atoms with van der Waals surface area (Å²) in [5.74, 6) is -0.628. The molecule has 25 heavy (non-hydrogen) atoms. The van der Waals surface area contributed by atoms with Crippen LogP contribution < -0.4 is 5.32 Å². The normalized spacial score (nSPS) is 23.2. The smallest absolute Gasteiger partial charge is 0.381 e. The van der Waals surface area contributed by atoms with Crippen molar-refractivity contribution in [1.82, 2.24) is 10.2 Å². The van der Waals surface area contributed by atoms with Gasteiger partial charge in [0.25, 0.3) is 0 Å². The summed E-state index contributed by atoms with van der Waals surface area (Å²) in [6.07, 6.45) is -0.934. The Morgan fingerprint density at radius 2 is 1.88 bits per heavy atom. The van der Waals surface area contributed by atoms with Crippen LogP contribution in [0.3, 0.4) is 0 Å². The lowest BCUT2D eigenvalue weighted by atomic mass is 9.97. The first kappa shape index (κ1) is 18.6. The van der Waals surface area contributed by atoms with Gasteiger partial charge in [0.2, 0.25) is 0 Å². The van der Waals surface area contributed by atoms with Crippen LogP contribution in [-0.2, 0) is 17.5 Å². The van der Waals surface area contributed by atoms with Crippen LogP contribution >= 0.6 is 0 Å². The summed E-state index contributed by atoms with van der Waals surface area (Å²) in [4.78, 5) is 2.14. The Hall–Kier alpha value is -1.18. The summed E-state index contributed by atoms with van der Waals surface area (Å²) >= 11 is 0. The molecule has 7 heteroatoms. The summed E-state index contributed by atoms with van der Waals surface area (Å²) in [5, 5.41) is 3.33. The van der Waals surface area contributed by atoms with Gasteiger partial charge < -0.3 is 10.1 Å². The topological polar surface area (TPSA) is 24.5 Å². The number of benzene rings is 1. The predicted octanol–water partition coefficient (Wildman–Crippen LogP) is 3.58. The molecule has 140 valence electrons. The lowest BCUT2D eigenvalue weighted by Gasteiger charge is -2.42. The van der Waals surface area contributed by atoms with E-state index in [9.17, 15) is 17.6 Å². The maximum atomic E-state index is 13.7. The number of nitrogens with zero attached hydrogens (tertiary/aromatic N) is 1. The Kier molecular flexibility index (Phi) is 5.96. The molecule has 0 aromatic heterocycles. The van der Waals surface area contributed by atoms with Crippen molar-refractivity contribution in [2.75, 3.05) is 26.3 Å². The van der Waals surface area contributed by atoms with E-state index >= 15 is 0 Å². The van der Waals surface area contributed by atoms with Crippen molar-refractivity contribution in [2.24, 2.45) is 0 Å². The third-order valence-corrected chi connectivity index (χ3v) is 5.13. The Morgan fingerprint density at radius 1 is 1.12 bits per heavy atom. The quantitative estimate of drug-likeness (QED) is 0.831. The van der Waals surface area contributed by atoms with Crippen molar-refractivity contribution >= 4 is 0 Å². The maximum absolute atomic E-state index is 13.7. The fourth-order valence-corrected chi connectivity index (χ4v) is 3.86. The Labute approximate surface area is 145 Å². The van der Waals surface area contributed by atoms with E-state index in [4.69, 9.17) is 4.74 Å². The Morgan fingerprint density at radius 3 is 2.52 bits per heavy atom. The highest BCUT2D eigenvalue weighted by Crippen LogP contribution is 2.34. The standard InChI is InChI=1S/C18H24F4N2O/c19-14-3-4-17(18(20,21)22)13(10-14)12-24(15-5-8-25-9-6-15)16-2-1-7-23-11-16/h3-4,10,15-16,23H,1-2,5-9,11-12H2. The first-order chi connectivity index (χ1) is 11.9. The first-order valence-electron chi connectivity index (χ1n) is 8.85. The second-order valence-corrected chi connectivity index (χ2v) is 6.82. The molecule has 0 saturated carbocycles. The minimum Gasteiger partial charge on any atom is -0.381 e. The zero-order valence-electron chi connectivity index (χ0n) is 14.1. The van der Waals surface area contributed by atoms with Crippen molar-refractivity contribution in [3.63, 3.8) is 0 Å². The van der Waals surface area contributed by atoms with Crippen molar-refractivity contribution in [2.45, 2.75) is 50.5 Å². The average molecular weight is 360 g/mol. The van der Waals surface area contributed by atoms with Gasteiger partial charge >= 0.3 is 6.18 Å². The van der Waals surface area contributed by atoms with E-state index in [0.29, 0.717) is 13.2 Å². The highest BCUT2D eigenvalue weighted by Gasteiger charge is 2.36. The fourth-order valence-electron chi connectivity index (χ4n) is 3.86. The molecule has 3 rings (SSSR count). The van der Waals surface area contributed by atoms with Crippen LogP contribution in [0.4, 0.5) is 17.6 Å². The van der Waals surface area contributed by atoms with E-state index in [1.165, 1.54) is 0 Å². The molecule has 0 aliphatic carbocycles. The first-order valence-corrected chi connectivity index (χ1v) is 8.85. The number of halogens is 4. The van der Waals surface area contributed by atoms with E-state index in [-0.39, 0.29) is 24.2 Å². The van der Waals surface area contributed by atoms with Gasteiger partial charge in [-0.2, -0.15) is 13.2 Å². The Bertz CT molecular complexity index is 549. The minimum atomic E-state index is -4.48. The monoisotopic (exact) mass is 360 g/mol. The van der Waals surface area contributed by atoms with Crippen LogP contribution in [0.2, 0.25) is 0 Å². The molecule has 0 bridgehead atoms. The molecule has 3 nitrogen and oxygen atoms in total. The molecule has 0 radical (unpaired) electrons. The van der Waals surface area contributed by atoms with Gasteiger partial charge in [0.15, 0.2) is 0 Å². The highest BCUT2D eigenvalue weighted by molar-refractivity contribution is 5.30. The molecule has 1 unspecified atom stereocenters. The third-order valence-electron chi connectivity index (χ3n) is 5.13. The van der Waals surface area contributed by atoms with Crippen LogP contribution in [0.15, 0.2) is 18.2 Å². The second kappa shape index (κ2) is 8.01. The van der Waals surface area contributed by atoms with Crippen LogP contribution in [0.25, 0.3) is 0 Å². The number of rotatable bonds is 4. The largest absolute Gasteiger partial charge is 0.416 e. The van der Waals surface area contributed by atoms with E-state index in [1.807, 2.05) is 0 Å². The van der Waals surface area contributed by atoms with Crippen LogP contribution in [0.5, 0.6) is 0 Å². The number of ether oxygens (including phenoxy) is 1. The van der Waals surface area contributed by atoms with Crippen LogP contribution in [0, 0.1) is 5.82 Å². The summed E-state index contributed by atoms with van der Waals surface area (Å²) in [5.41, 5.74) is -0.723. The van der Waals surface area contributed by atoms with Gasteiger partial charge in [-0.05, 0) is 56.0 Å². The summed E-state index contributed by atoms with van der Waals surface area (Å²) in [6.45, 7) is 3.05. The van der Waals surface area contributed by atoms with Crippen molar-refractivity contribution in [3.8, 4) is 0 Å². The molecule has 0 spiro atoms. The summed E-state index contributed by atoms with van der Waals surface area (Å²) in [6, 6.07) is 3.11. The molecule has 2 heterocycles. The maximum Gasteiger partial charge on any atom is 0.416 e. The third kappa shape index (κ3) is 4.71. The SMILES string of the molecule is Fc1ccc(C(F)(F)F)c(CN(C2CCOCC2)C2CCCNC2)c1. The molecule has 2 aliphatic rings. The van der Waals surface area contributed by atoms with Crippen LogP contribution in [0.1, 0.15) is 36.8 Å². The van der Waals surface area contributed by atoms with Gasteiger partial charge in [-0.1, -0.05) is 0 Å². The van der Waals surface area contributed by atoms with Crippen molar-refractivity contribution in [3.05, 3.63) is 35.1 Å². The van der Waals surface area contributed by atoms with Gasteiger partial charge in [0, 0.05) is 38.4 Å². The van der Waals surface area contributed by atoms with Crippen molar-refractivity contribution in [1.29, 1.82) is 0 Å². The molecule has 2 fully saturated rings. The number of nitrogens with one attached hydrogen (secondary N) is 1. The van der Waals surface area contributed by atoms with Gasteiger partial charge in [0.1, 0.15) is 5.82 Å². The average Bonchev–Trinajstić information content (AvgIpc) is 2.60. The molecule has 1 atom stereocenters. The highest BCUT2D eigenvalue weighted by atomic mass is 19.4. The van der Waals surface area contributed by atoms with E-state index in [2.05, 4.69) is 10.2 Å². The van der Waals surface area contributed by atoms with Gasteiger partial charge in [-0.3, -0.25) is 4.90 Å². The van der Waals surface area contributed by atoms with Crippen LogP contribution in [-0.4, -0.2) is 43.3 Å². The fraction of sp³-hybridized carbons (Fsp3) is 0.667. The summed E-state index contributed by atoms with van der Waals surface area (Å²) < 4.78 is 59.1. The van der Waals surface area contributed by atoms with Gasteiger partial charge in [0.05, 0.1) is 5.56 Å². The van der Waals surface area contributed by atoms with Crippen molar-refractivity contribution < 1.29 is 22.3 Å². The zero-order chi connectivity index (χ0) is 17.9. The molecular formula is C18H24F4N2O. The number of hydrogen-bond acceptors (Lipinski definition) is 3. The molecule has 2 aliphatic heterocycles. The molecule has 1 N–H and O–H groups in total. The lowest BCUT2D eigenvalue weighted by molar-refractivity contribution is -0.138. The number of piperidine rings is 1. The molecule has 2 saturated heterocycles. The molecule has 1 aromatic rings. The summed E-state index contributed by atoms with van der Waals surface area (Å²) in [7, 11) is 0. The zero-order valence-corrected chi connectivity index (χ0v) is 14.1. The second-order valence-electron chi connectivity index (χ2n) is 6.82. The van der Waals surface area contributed by atoms with E-state index in [0.717, 1.165) is 57.0 Å². The van der Waals surface area contributed by atoms with Gasteiger partial charge in [-0.25, -0.2) is 4.39 Å². The molecule has 0 amide bonds. The van der Waals surface area contributed by atoms with E-state index in [1.54, 1.807) is 0 Å².